The molecule has 1 amide bonds. The molecule has 1 atom stereocenters. The van der Waals surface area contributed by atoms with Gasteiger partial charge in [0.2, 0.25) is 11.8 Å². The zero-order chi connectivity index (χ0) is 13.8. The number of hydrogen-bond donors (Lipinski definition) is 2. The summed E-state index contributed by atoms with van der Waals surface area (Å²) in [7, 11) is 0. The number of amides is 1. The molecule has 0 saturated heterocycles. The quantitative estimate of drug-likeness (QED) is 0.794. The van der Waals surface area contributed by atoms with E-state index in [2.05, 4.69) is 15.5 Å². The summed E-state index contributed by atoms with van der Waals surface area (Å²) in [4.78, 5) is 16.0. The van der Waals surface area contributed by atoms with Crippen molar-refractivity contribution in [2.45, 2.75) is 51.5 Å². The van der Waals surface area contributed by atoms with Crippen molar-refractivity contribution in [1.29, 1.82) is 0 Å². The van der Waals surface area contributed by atoms with E-state index in [1.54, 1.807) is 0 Å². The van der Waals surface area contributed by atoms with Gasteiger partial charge >= 0.3 is 0 Å². The van der Waals surface area contributed by atoms with Crippen LogP contribution < -0.4 is 11.1 Å². The second-order valence-electron chi connectivity index (χ2n) is 5.45. The van der Waals surface area contributed by atoms with Crippen LogP contribution in [0.25, 0.3) is 0 Å². The number of halogens is 1. The number of aromatic nitrogens is 2. The predicted octanol–water partition coefficient (Wildman–Crippen LogP) is 1.40. The monoisotopic (exact) mass is 302 g/mol. The molecular formula is C13H23ClN4O2. The first-order chi connectivity index (χ1) is 9.10. The number of hydrogen-bond acceptors (Lipinski definition) is 5. The standard InChI is InChI=1S/C13H22N4O2.ClH/c1-8(2)13-16-12(19-17-13)6-5-11(18)15-10(7-14)9-3-4-9;/h8-10H,3-7,14H2,1-2H3,(H,15,18);1H. The molecule has 0 aliphatic heterocycles. The van der Waals surface area contributed by atoms with Crippen LogP contribution in [0.1, 0.15) is 50.7 Å². The molecule has 1 unspecified atom stereocenters. The first-order valence-electron chi connectivity index (χ1n) is 6.92. The van der Waals surface area contributed by atoms with Gasteiger partial charge in [-0.05, 0) is 18.8 Å². The molecule has 1 heterocycles. The second-order valence-corrected chi connectivity index (χ2v) is 5.45. The number of rotatable bonds is 7. The van der Waals surface area contributed by atoms with Crippen LogP contribution in [0.15, 0.2) is 4.52 Å². The van der Waals surface area contributed by atoms with Crippen molar-refractivity contribution in [1.82, 2.24) is 15.5 Å². The van der Waals surface area contributed by atoms with Crippen LogP contribution in [0.5, 0.6) is 0 Å². The molecule has 2 rings (SSSR count). The lowest BCUT2D eigenvalue weighted by Crippen LogP contribution is -2.41. The molecule has 0 bridgehead atoms. The molecule has 1 aliphatic carbocycles. The van der Waals surface area contributed by atoms with Crippen LogP contribution in [0.3, 0.4) is 0 Å². The molecule has 6 nitrogen and oxygen atoms in total. The van der Waals surface area contributed by atoms with Gasteiger partial charge in [0.25, 0.3) is 0 Å². The van der Waals surface area contributed by atoms with Gasteiger partial charge in [-0.2, -0.15) is 4.98 Å². The van der Waals surface area contributed by atoms with E-state index >= 15 is 0 Å². The summed E-state index contributed by atoms with van der Waals surface area (Å²) in [5, 5.41) is 6.85. The minimum absolute atomic E-state index is 0. The first kappa shape index (κ1) is 16.9. The largest absolute Gasteiger partial charge is 0.352 e. The highest BCUT2D eigenvalue weighted by atomic mass is 35.5. The molecule has 1 fully saturated rings. The molecule has 1 aromatic rings. The van der Waals surface area contributed by atoms with Gasteiger partial charge in [0.15, 0.2) is 5.82 Å². The Labute approximate surface area is 125 Å². The highest BCUT2D eigenvalue weighted by Crippen LogP contribution is 2.32. The summed E-state index contributed by atoms with van der Waals surface area (Å²) in [6, 6.07) is 0.126. The fourth-order valence-electron chi connectivity index (χ4n) is 1.97. The smallest absolute Gasteiger partial charge is 0.227 e. The van der Waals surface area contributed by atoms with Crippen molar-refractivity contribution in [3.05, 3.63) is 11.7 Å². The summed E-state index contributed by atoms with van der Waals surface area (Å²) in [6.45, 7) is 4.51. The van der Waals surface area contributed by atoms with Gasteiger partial charge < -0.3 is 15.6 Å². The van der Waals surface area contributed by atoms with E-state index in [4.69, 9.17) is 10.3 Å². The fourth-order valence-corrected chi connectivity index (χ4v) is 1.97. The molecule has 114 valence electrons. The van der Waals surface area contributed by atoms with Crippen LogP contribution in [-0.2, 0) is 11.2 Å². The van der Waals surface area contributed by atoms with Gasteiger partial charge in [0, 0.05) is 31.3 Å². The van der Waals surface area contributed by atoms with E-state index < -0.39 is 0 Å². The van der Waals surface area contributed by atoms with Crippen LogP contribution >= 0.6 is 12.4 Å². The average molecular weight is 303 g/mol. The third kappa shape index (κ3) is 4.76. The Hall–Kier alpha value is -1.14. The molecule has 1 aromatic heterocycles. The highest BCUT2D eigenvalue weighted by Gasteiger charge is 2.31. The van der Waals surface area contributed by atoms with Crippen LogP contribution in [-0.4, -0.2) is 28.6 Å². The number of aryl methyl sites for hydroxylation is 1. The third-order valence-corrected chi connectivity index (χ3v) is 3.36. The van der Waals surface area contributed by atoms with Crippen molar-refractivity contribution >= 4 is 18.3 Å². The number of carbonyl (C=O) groups is 1. The van der Waals surface area contributed by atoms with E-state index in [1.807, 2.05) is 13.8 Å². The first-order valence-corrected chi connectivity index (χ1v) is 6.92. The van der Waals surface area contributed by atoms with Crippen molar-refractivity contribution in [2.75, 3.05) is 6.54 Å². The van der Waals surface area contributed by atoms with Gasteiger partial charge in [-0.1, -0.05) is 19.0 Å². The zero-order valence-electron chi connectivity index (χ0n) is 12.0. The van der Waals surface area contributed by atoms with Crippen LogP contribution in [0, 0.1) is 5.92 Å². The predicted molar refractivity (Wildman–Crippen MR) is 77.7 cm³/mol. The molecule has 0 spiro atoms. The average Bonchev–Trinajstić information content (AvgIpc) is 3.11. The Balaban J connectivity index is 0.00000200. The SMILES string of the molecule is CC(C)c1noc(CCC(=O)NC(CN)C2CC2)n1.Cl. The minimum atomic E-state index is 0. The normalized spacial score (nSPS) is 15.8. The van der Waals surface area contributed by atoms with E-state index in [0.29, 0.717) is 37.0 Å². The van der Waals surface area contributed by atoms with Crippen molar-refractivity contribution in [3.63, 3.8) is 0 Å². The molecular weight excluding hydrogens is 280 g/mol. The summed E-state index contributed by atoms with van der Waals surface area (Å²) in [5.74, 6) is 2.03. The Morgan fingerprint density at radius 3 is 2.70 bits per heavy atom. The summed E-state index contributed by atoms with van der Waals surface area (Å²) in [6.07, 6.45) is 3.18. The van der Waals surface area contributed by atoms with E-state index in [0.717, 1.165) is 0 Å². The van der Waals surface area contributed by atoms with E-state index in [-0.39, 0.29) is 30.3 Å². The van der Waals surface area contributed by atoms with Crippen molar-refractivity contribution in [2.24, 2.45) is 11.7 Å². The maximum absolute atomic E-state index is 11.8. The number of nitrogens with zero attached hydrogens (tertiary/aromatic N) is 2. The van der Waals surface area contributed by atoms with Crippen LogP contribution in [0.4, 0.5) is 0 Å². The number of carbonyl (C=O) groups excluding carboxylic acids is 1. The Bertz CT molecular complexity index is 432. The third-order valence-electron chi connectivity index (χ3n) is 3.36. The van der Waals surface area contributed by atoms with E-state index in [1.165, 1.54) is 12.8 Å². The van der Waals surface area contributed by atoms with Gasteiger partial charge in [0.05, 0.1) is 0 Å². The Kier molecular flexibility index (Phi) is 6.42. The zero-order valence-corrected chi connectivity index (χ0v) is 12.8. The van der Waals surface area contributed by atoms with Gasteiger partial charge in [-0.15, -0.1) is 12.4 Å². The van der Waals surface area contributed by atoms with Gasteiger partial charge in [-0.3, -0.25) is 4.79 Å². The van der Waals surface area contributed by atoms with Gasteiger partial charge in [-0.25, -0.2) is 0 Å². The molecule has 0 radical (unpaired) electrons. The number of nitrogens with one attached hydrogen (secondary N) is 1. The summed E-state index contributed by atoms with van der Waals surface area (Å²) < 4.78 is 5.10. The van der Waals surface area contributed by atoms with Crippen molar-refractivity contribution < 1.29 is 9.32 Å². The molecule has 3 N–H and O–H groups in total. The maximum atomic E-state index is 11.8. The molecule has 1 aliphatic rings. The number of nitrogens with two attached hydrogens (primary N) is 1. The maximum Gasteiger partial charge on any atom is 0.227 e. The summed E-state index contributed by atoms with van der Waals surface area (Å²) in [5.41, 5.74) is 5.65. The molecule has 0 aromatic carbocycles. The Morgan fingerprint density at radius 1 is 1.50 bits per heavy atom. The lowest BCUT2D eigenvalue weighted by Gasteiger charge is -2.15. The lowest BCUT2D eigenvalue weighted by molar-refractivity contribution is -0.121. The Morgan fingerprint density at radius 2 is 2.20 bits per heavy atom. The molecule has 20 heavy (non-hydrogen) atoms. The minimum Gasteiger partial charge on any atom is -0.352 e. The topological polar surface area (TPSA) is 94.0 Å². The lowest BCUT2D eigenvalue weighted by atomic mass is 10.1. The summed E-state index contributed by atoms with van der Waals surface area (Å²) >= 11 is 0. The highest BCUT2D eigenvalue weighted by molar-refractivity contribution is 5.85. The fraction of sp³-hybridized carbons (Fsp3) is 0.769. The van der Waals surface area contributed by atoms with Crippen molar-refractivity contribution in [3.8, 4) is 0 Å². The van der Waals surface area contributed by atoms with Crippen LogP contribution in [0.2, 0.25) is 0 Å². The van der Waals surface area contributed by atoms with E-state index in [9.17, 15) is 4.79 Å². The molecule has 7 heteroatoms. The van der Waals surface area contributed by atoms with Gasteiger partial charge in [0.1, 0.15) is 0 Å². The molecule has 1 saturated carbocycles. The second kappa shape index (κ2) is 7.59.